The van der Waals surface area contributed by atoms with Crippen LogP contribution in [0, 0.1) is 13.8 Å². The van der Waals surface area contributed by atoms with Crippen LogP contribution >= 0.6 is 11.8 Å². The van der Waals surface area contributed by atoms with Crippen molar-refractivity contribution >= 4 is 52.2 Å². The van der Waals surface area contributed by atoms with Crippen molar-refractivity contribution in [2.24, 2.45) is 0 Å². The predicted molar refractivity (Wildman–Crippen MR) is 165 cm³/mol. The summed E-state index contributed by atoms with van der Waals surface area (Å²) in [5.74, 6) is -0.392. The maximum absolute atomic E-state index is 13.0. The maximum Gasteiger partial charge on any atom is 0.294 e. The highest BCUT2D eigenvalue weighted by Crippen LogP contribution is 2.34. The fraction of sp³-hybridized carbons (Fsp3) is 0.250. The molecule has 3 aromatic carbocycles. The van der Waals surface area contributed by atoms with Crippen molar-refractivity contribution < 1.29 is 28.7 Å². The second kappa shape index (κ2) is 13.4. The van der Waals surface area contributed by atoms with Gasteiger partial charge in [-0.05, 0) is 84.1 Å². The Morgan fingerprint density at radius 3 is 2.40 bits per heavy atom. The summed E-state index contributed by atoms with van der Waals surface area (Å²) in [5.41, 5.74) is 4.84. The number of aryl methyl sites for hydroxylation is 2. The Morgan fingerprint density at radius 1 is 0.929 bits per heavy atom. The number of carbonyl (C=O) groups is 4. The lowest BCUT2D eigenvalue weighted by atomic mass is 10.0. The number of hydrogen-bond donors (Lipinski definition) is 2. The van der Waals surface area contributed by atoms with Crippen LogP contribution in [0.3, 0.4) is 0 Å². The van der Waals surface area contributed by atoms with Gasteiger partial charge in [-0.3, -0.25) is 24.1 Å². The van der Waals surface area contributed by atoms with Gasteiger partial charge in [-0.25, -0.2) is 0 Å². The molecule has 4 amide bonds. The zero-order chi connectivity index (χ0) is 30.4. The second-order valence-electron chi connectivity index (χ2n) is 10.1. The molecular formula is C32H33N3O6S. The Bertz CT molecular complexity index is 1570. The molecule has 0 saturated carbocycles. The van der Waals surface area contributed by atoms with Crippen LogP contribution in [0.15, 0.2) is 65.6 Å². The maximum atomic E-state index is 13.0. The SMILES string of the molecule is COc1cc(/C=C2\SC(=O)N(CC(=O)Nc3cc(C)ccc3C)C2=O)ccc1OCC(=O)Nc1ccccc1C(C)C. The first kappa shape index (κ1) is 30.4. The summed E-state index contributed by atoms with van der Waals surface area (Å²) in [6.45, 7) is 7.26. The number of nitrogens with zero attached hydrogens (tertiary/aromatic N) is 1. The van der Waals surface area contributed by atoms with Crippen LogP contribution in [0.2, 0.25) is 0 Å². The van der Waals surface area contributed by atoms with Gasteiger partial charge in [0, 0.05) is 11.4 Å². The minimum absolute atomic E-state index is 0.179. The van der Waals surface area contributed by atoms with Crippen LogP contribution < -0.4 is 20.1 Å². The first-order valence-electron chi connectivity index (χ1n) is 13.4. The number of rotatable bonds is 10. The summed E-state index contributed by atoms with van der Waals surface area (Å²) < 4.78 is 11.2. The zero-order valence-electron chi connectivity index (χ0n) is 24.1. The van der Waals surface area contributed by atoms with Crippen molar-refractivity contribution in [3.05, 3.63) is 87.8 Å². The Kier molecular flexibility index (Phi) is 9.69. The van der Waals surface area contributed by atoms with Crippen LogP contribution in [-0.4, -0.2) is 48.1 Å². The van der Waals surface area contributed by atoms with Crippen LogP contribution in [0.4, 0.5) is 16.2 Å². The molecule has 218 valence electrons. The largest absolute Gasteiger partial charge is 0.493 e. The quantitative estimate of drug-likeness (QED) is 0.274. The van der Waals surface area contributed by atoms with E-state index in [4.69, 9.17) is 9.47 Å². The third-order valence-corrected chi connectivity index (χ3v) is 7.45. The molecule has 1 aliphatic heterocycles. The van der Waals surface area contributed by atoms with Crippen LogP contribution in [0.5, 0.6) is 11.5 Å². The fourth-order valence-corrected chi connectivity index (χ4v) is 5.17. The molecule has 0 unspecified atom stereocenters. The molecule has 0 aliphatic carbocycles. The number of hydrogen-bond acceptors (Lipinski definition) is 7. The Balaban J connectivity index is 1.39. The van der Waals surface area contributed by atoms with Crippen molar-refractivity contribution in [1.29, 1.82) is 0 Å². The average molecular weight is 588 g/mol. The summed E-state index contributed by atoms with van der Waals surface area (Å²) in [6, 6.07) is 18.2. The van der Waals surface area contributed by atoms with E-state index in [1.807, 2.05) is 56.3 Å². The first-order chi connectivity index (χ1) is 20.0. The Labute approximate surface area is 249 Å². The van der Waals surface area contributed by atoms with Gasteiger partial charge in [0.05, 0.1) is 12.0 Å². The molecule has 1 heterocycles. The molecule has 1 saturated heterocycles. The third-order valence-electron chi connectivity index (χ3n) is 6.54. The van der Waals surface area contributed by atoms with Crippen molar-refractivity contribution in [2.75, 3.05) is 30.9 Å². The smallest absolute Gasteiger partial charge is 0.294 e. The van der Waals surface area contributed by atoms with Gasteiger partial charge in [0.1, 0.15) is 6.54 Å². The summed E-state index contributed by atoms with van der Waals surface area (Å²) >= 11 is 0.760. The minimum atomic E-state index is -0.557. The van der Waals surface area contributed by atoms with E-state index in [1.54, 1.807) is 24.3 Å². The Hall–Kier alpha value is -4.57. The summed E-state index contributed by atoms with van der Waals surface area (Å²) in [6.07, 6.45) is 1.55. The molecule has 1 aliphatic rings. The van der Waals surface area contributed by atoms with E-state index in [9.17, 15) is 19.2 Å². The van der Waals surface area contributed by atoms with Gasteiger partial charge in [-0.15, -0.1) is 0 Å². The molecule has 1 fully saturated rings. The van der Waals surface area contributed by atoms with Gasteiger partial charge >= 0.3 is 0 Å². The molecule has 0 spiro atoms. The summed E-state index contributed by atoms with van der Waals surface area (Å²) in [7, 11) is 1.47. The molecule has 10 heteroatoms. The fourth-order valence-electron chi connectivity index (χ4n) is 4.33. The van der Waals surface area contributed by atoms with Gasteiger partial charge < -0.3 is 20.1 Å². The molecule has 42 heavy (non-hydrogen) atoms. The van der Waals surface area contributed by atoms with Crippen molar-refractivity contribution in [3.63, 3.8) is 0 Å². The number of carbonyl (C=O) groups excluding carboxylic acids is 4. The van der Waals surface area contributed by atoms with Gasteiger partial charge in [0.15, 0.2) is 18.1 Å². The number of thioether (sulfide) groups is 1. The lowest BCUT2D eigenvalue weighted by Crippen LogP contribution is -2.36. The molecule has 3 aromatic rings. The Morgan fingerprint density at radius 2 is 1.67 bits per heavy atom. The number of benzene rings is 3. The highest BCUT2D eigenvalue weighted by molar-refractivity contribution is 8.18. The standard InChI is InChI=1S/C32H33N3O6S/c1-19(2)23-8-6-7-9-24(23)33-30(37)18-41-26-13-12-22(15-27(26)40-5)16-28-31(38)35(32(39)42-28)17-29(36)34-25-14-20(3)10-11-21(25)4/h6-16,19H,17-18H2,1-5H3,(H,33,37)(H,34,36)/b28-16-. The predicted octanol–water partition coefficient (Wildman–Crippen LogP) is 6.13. The molecule has 4 rings (SSSR count). The van der Waals surface area contributed by atoms with E-state index in [0.29, 0.717) is 22.7 Å². The lowest BCUT2D eigenvalue weighted by Gasteiger charge is -2.15. The number of para-hydroxylation sites is 1. The number of methoxy groups -OCH3 is 1. The number of amides is 4. The van der Waals surface area contributed by atoms with Crippen LogP contribution in [-0.2, 0) is 14.4 Å². The van der Waals surface area contributed by atoms with E-state index in [1.165, 1.54) is 7.11 Å². The zero-order valence-corrected chi connectivity index (χ0v) is 25.0. The highest BCUT2D eigenvalue weighted by atomic mass is 32.2. The normalized spacial score (nSPS) is 14.0. The van der Waals surface area contributed by atoms with E-state index < -0.39 is 23.6 Å². The average Bonchev–Trinajstić information content (AvgIpc) is 3.21. The summed E-state index contributed by atoms with van der Waals surface area (Å²) in [4.78, 5) is 51.8. The lowest BCUT2D eigenvalue weighted by molar-refractivity contribution is -0.127. The van der Waals surface area contributed by atoms with Gasteiger partial charge in [0.25, 0.3) is 17.1 Å². The number of imide groups is 1. The monoisotopic (exact) mass is 587 g/mol. The van der Waals surface area contributed by atoms with Crippen LogP contribution in [0.25, 0.3) is 6.08 Å². The summed E-state index contributed by atoms with van der Waals surface area (Å²) in [5, 5.41) is 5.13. The topological polar surface area (TPSA) is 114 Å². The van der Waals surface area contributed by atoms with Crippen molar-refractivity contribution in [2.45, 2.75) is 33.6 Å². The number of anilines is 2. The van der Waals surface area contributed by atoms with Crippen molar-refractivity contribution in [3.8, 4) is 11.5 Å². The van der Waals surface area contributed by atoms with Crippen LogP contribution in [0.1, 0.15) is 42.0 Å². The number of nitrogens with one attached hydrogen (secondary N) is 2. The van der Waals surface area contributed by atoms with Gasteiger partial charge in [-0.2, -0.15) is 0 Å². The molecule has 0 aromatic heterocycles. The van der Waals surface area contributed by atoms with Gasteiger partial charge in [0.2, 0.25) is 5.91 Å². The molecule has 0 bridgehead atoms. The van der Waals surface area contributed by atoms with Crippen molar-refractivity contribution in [1.82, 2.24) is 4.90 Å². The molecule has 2 N–H and O–H groups in total. The number of ether oxygens (including phenoxy) is 2. The van der Waals surface area contributed by atoms with E-state index in [0.717, 1.165) is 39.0 Å². The van der Waals surface area contributed by atoms with E-state index in [2.05, 4.69) is 24.5 Å². The highest BCUT2D eigenvalue weighted by Gasteiger charge is 2.36. The molecule has 0 radical (unpaired) electrons. The molecule has 0 atom stereocenters. The minimum Gasteiger partial charge on any atom is -0.493 e. The van der Waals surface area contributed by atoms with Gasteiger partial charge in [-0.1, -0.05) is 50.2 Å². The second-order valence-corrected chi connectivity index (χ2v) is 11.1. The third kappa shape index (κ3) is 7.38. The molecule has 9 nitrogen and oxygen atoms in total. The molecular weight excluding hydrogens is 554 g/mol. The first-order valence-corrected chi connectivity index (χ1v) is 14.2. The van der Waals surface area contributed by atoms with E-state index in [-0.39, 0.29) is 23.3 Å². The van der Waals surface area contributed by atoms with E-state index >= 15 is 0 Å².